The molecule has 0 fully saturated rings. The molecule has 1 radical (unpaired) electrons. The van der Waals surface area contributed by atoms with Gasteiger partial charge in [0.15, 0.2) is 0 Å². The Labute approximate surface area is 55.0 Å². The summed E-state index contributed by atoms with van der Waals surface area (Å²) in [6.45, 7) is 0. The van der Waals surface area contributed by atoms with Gasteiger partial charge in [-0.05, 0) is 0 Å². The molecule has 0 saturated heterocycles. The van der Waals surface area contributed by atoms with Gasteiger partial charge in [0.2, 0.25) is 0 Å². The second kappa shape index (κ2) is 4.85. The molecule has 57 valence electrons. The molecule has 0 aliphatic rings. The Morgan fingerprint density at radius 2 is 1.22 bits per heavy atom. The van der Waals surface area contributed by atoms with Crippen LogP contribution in [0.5, 0.6) is 0 Å². The van der Waals surface area contributed by atoms with Crippen molar-refractivity contribution in [3.63, 3.8) is 0 Å². The minimum atomic E-state index is -3.17. The van der Waals surface area contributed by atoms with E-state index in [4.69, 9.17) is 4.80 Å². The molecule has 0 rings (SSSR count). The number of rotatable bonds is 3. The molecular formula is C3H11O5Si. The molecule has 0 bridgehead atoms. The molecule has 0 amide bonds. The van der Waals surface area contributed by atoms with Crippen LogP contribution in [-0.4, -0.2) is 40.6 Å². The highest BCUT2D eigenvalue weighted by Gasteiger charge is 2.36. The van der Waals surface area contributed by atoms with E-state index in [1.54, 1.807) is 0 Å². The molecule has 2 N–H and O–H groups in total. The van der Waals surface area contributed by atoms with Gasteiger partial charge in [-0.15, -0.1) is 0 Å². The first-order valence-corrected chi connectivity index (χ1v) is 3.73. The van der Waals surface area contributed by atoms with Crippen molar-refractivity contribution in [1.82, 2.24) is 0 Å². The fourth-order valence-corrected chi connectivity index (χ4v) is 0.750. The minimum Gasteiger partial charge on any atom is -0.367 e. The van der Waals surface area contributed by atoms with Crippen LogP contribution in [-0.2, 0) is 13.3 Å². The lowest BCUT2D eigenvalue weighted by atomic mass is 11.8. The Morgan fingerprint density at radius 3 is 1.22 bits per heavy atom. The molecule has 0 unspecified atom stereocenters. The highest BCUT2D eigenvalue weighted by Crippen LogP contribution is 1.97. The number of hydrogen-bond acceptors (Lipinski definition) is 4. The van der Waals surface area contributed by atoms with E-state index in [1.165, 1.54) is 21.3 Å². The zero-order chi connectivity index (χ0) is 6.62. The summed E-state index contributed by atoms with van der Waals surface area (Å²) in [6, 6.07) is 0. The van der Waals surface area contributed by atoms with Crippen molar-refractivity contribution in [2.75, 3.05) is 21.3 Å². The highest BCUT2D eigenvalue weighted by molar-refractivity contribution is 6.51. The van der Waals surface area contributed by atoms with E-state index in [9.17, 15) is 0 Å². The van der Waals surface area contributed by atoms with Gasteiger partial charge in [0.1, 0.15) is 0 Å². The van der Waals surface area contributed by atoms with Gasteiger partial charge in [-0.1, -0.05) is 0 Å². The van der Waals surface area contributed by atoms with Gasteiger partial charge in [0.05, 0.1) is 0 Å². The second-order valence-corrected chi connectivity index (χ2v) is 3.41. The average Bonchev–Trinajstić information content (AvgIpc) is 1.87. The van der Waals surface area contributed by atoms with Crippen molar-refractivity contribution in [2.24, 2.45) is 0 Å². The predicted molar refractivity (Wildman–Crippen MR) is 30.9 cm³/mol. The molecule has 0 aromatic carbocycles. The van der Waals surface area contributed by atoms with Crippen LogP contribution < -0.4 is 0 Å². The minimum absolute atomic E-state index is 0. The summed E-state index contributed by atoms with van der Waals surface area (Å²) in [5.41, 5.74) is 0. The maximum Gasteiger partial charge on any atom is 0.676 e. The molecule has 0 heterocycles. The Hall–Kier alpha value is 0.0169. The molecule has 0 atom stereocenters. The van der Waals surface area contributed by atoms with Gasteiger partial charge in [-0.2, -0.15) is 0 Å². The van der Waals surface area contributed by atoms with E-state index in [0.29, 0.717) is 0 Å². The monoisotopic (exact) mass is 155 g/mol. The van der Waals surface area contributed by atoms with Crippen molar-refractivity contribution < 1.29 is 23.5 Å². The van der Waals surface area contributed by atoms with Gasteiger partial charge < -0.3 is 18.1 Å². The summed E-state index contributed by atoms with van der Waals surface area (Å²) < 4.78 is 13.5. The lowest BCUT2D eigenvalue weighted by molar-refractivity contribution is 0.0418. The van der Waals surface area contributed by atoms with Gasteiger partial charge in [0.25, 0.3) is 0 Å². The summed E-state index contributed by atoms with van der Waals surface area (Å²) in [5.74, 6) is 0. The fraction of sp³-hybridized carbons (Fsp3) is 1.00. The van der Waals surface area contributed by atoms with E-state index >= 15 is 0 Å². The number of hydrogen-bond donors (Lipinski definition) is 2. The molecular weight excluding hydrogens is 144 g/mol. The first-order valence-electron chi connectivity index (χ1n) is 2.06. The summed E-state index contributed by atoms with van der Waals surface area (Å²) in [7, 11) is 0.826. The van der Waals surface area contributed by atoms with Gasteiger partial charge in [-0.25, -0.2) is 0 Å². The standard InChI is InChI=1S/C3H10O4Si.HO/c1-5-8(4,6-2)7-3;/h4H,1-3H3;1H. The lowest BCUT2D eigenvalue weighted by Gasteiger charge is -2.14. The largest absolute Gasteiger partial charge is 0.676 e. The maximum atomic E-state index is 8.91. The van der Waals surface area contributed by atoms with Crippen molar-refractivity contribution in [3.05, 3.63) is 0 Å². The third-order valence-corrected chi connectivity index (χ3v) is 2.32. The topological polar surface area (TPSA) is 77.9 Å². The van der Waals surface area contributed by atoms with Crippen LogP contribution in [0.2, 0.25) is 0 Å². The Morgan fingerprint density at radius 1 is 1.00 bits per heavy atom. The van der Waals surface area contributed by atoms with Crippen LogP contribution in [0.3, 0.4) is 0 Å². The Kier molecular flexibility index (Phi) is 6.35. The first kappa shape index (κ1) is 11.8. The van der Waals surface area contributed by atoms with E-state index < -0.39 is 9.05 Å². The molecule has 0 aromatic heterocycles. The third-order valence-electron chi connectivity index (χ3n) is 0.774. The quantitative estimate of drug-likeness (QED) is 0.522. The van der Waals surface area contributed by atoms with E-state index in [-0.39, 0.29) is 5.48 Å². The third kappa shape index (κ3) is 3.57. The maximum absolute atomic E-state index is 8.91. The smallest absolute Gasteiger partial charge is 0.367 e. The van der Waals surface area contributed by atoms with Crippen LogP contribution in [0, 0.1) is 0 Å². The fourth-order valence-electron chi connectivity index (χ4n) is 0.250. The van der Waals surface area contributed by atoms with Crippen molar-refractivity contribution >= 4 is 9.05 Å². The summed E-state index contributed by atoms with van der Waals surface area (Å²) in [4.78, 5) is 8.91. The van der Waals surface area contributed by atoms with Crippen LogP contribution in [0.25, 0.3) is 0 Å². The first-order chi connectivity index (χ1) is 3.68. The van der Waals surface area contributed by atoms with Crippen molar-refractivity contribution in [3.8, 4) is 0 Å². The van der Waals surface area contributed by atoms with E-state index in [2.05, 4.69) is 13.3 Å². The predicted octanol–water partition coefficient (Wildman–Crippen LogP) is -0.823. The summed E-state index contributed by atoms with van der Waals surface area (Å²) in [6.07, 6.45) is 0. The van der Waals surface area contributed by atoms with Crippen LogP contribution in [0.1, 0.15) is 0 Å². The zero-order valence-electron chi connectivity index (χ0n) is 5.62. The molecule has 0 spiro atoms. The normalized spacial score (nSPS) is 10.7. The SMILES string of the molecule is CO[Si](O)(OC)OC.[OH]. The lowest BCUT2D eigenvalue weighted by Crippen LogP contribution is -2.42. The molecule has 6 heteroatoms. The Bertz CT molecular complexity index is 55.0. The molecule has 0 aliphatic carbocycles. The van der Waals surface area contributed by atoms with Crippen LogP contribution >= 0.6 is 0 Å². The van der Waals surface area contributed by atoms with Crippen molar-refractivity contribution in [1.29, 1.82) is 0 Å². The van der Waals surface area contributed by atoms with Gasteiger partial charge in [-0.3, -0.25) is 5.48 Å². The highest BCUT2D eigenvalue weighted by atomic mass is 28.4. The van der Waals surface area contributed by atoms with Crippen LogP contribution in [0.15, 0.2) is 0 Å². The molecule has 0 aromatic rings. The summed E-state index contributed by atoms with van der Waals surface area (Å²) in [5, 5.41) is 0. The second-order valence-electron chi connectivity index (χ2n) is 1.14. The van der Waals surface area contributed by atoms with E-state index in [0.717, 1.165) is 0 Å². The molecule has 0 saturated carbocycles. The average molecular weight is 155 g/mol. The van der Waals surface area contributed by atoms with E-state index in [1.807, 2.05) is 0 Å². The van der Waals surface area contributed by atoms with Crippen molar-refractivity contribution in [2.45, 2.75) is 0 Å². The molecule has 9 heavy (non-hydrogen) atoms. The zero-order valence-corrected chi connectivity index (χ0v) is 6.62. The Balaban J connectivity index is 0. The summed E-state index contributed by atoms with van der Waals surface area (Å²) >= 11 is 0. The molecule has 5 nitrogen and oxygen atoms in total. The van der Waals surface area contributed by atoms with Crippen LogP contribution in [0.4, 0.5) is 0 Å². The van der Waals surface area contributed by atoms with Gasteiger partial charge >= 0.3 is 9.05 Å². The molecule has 0 aliphatic heterocycles. The van der Waals surface area contributed by atoms with Gasteiger partial charge in [0, 0.05) is 21.3 Å².